The van der Waals surface area contributed by atoms with Gasteiger partial charge in [0.2, 0.25) is 0 Å². The first-order valence-corrected chi connectivity index (χ1v) is 11.7. The van der Waals surface area contributed by atoms with E-state index in [1.165, 1.54) is 25.1 Å². The molecule has 0 amide bonds. The van der Waals surface area contributed by atoms with Gasteiger partial charge in [0.25, 0.3) is 0 Å². The quantitative estimate of drug-likeness (QED) is 0.706. The minimum Gasteiger partial charge on any atom is -0.478 e. The SMILES string of the molecule is Cc1c(C(=O)O)c2cc(F)cnc2n1[C@H](C)C1CCC(N2CC(OCC3CC3)C2)CC1. The van der Waals surface area contributed by atoms with Crippen LogP contribution in [-0.4, -0.2) is 57.4 Å². The molecular weight excluding hydrogens is 397 g/mol. The van der Waals surface area contributed by atoms with Crippen molar-refractivity contribution in [1.82, 2.24) is 14.5 Å². The fourth-order valence-electron chi connectivity index (χ4n) is 5.64. The second kappa shape index (κ2) is 8.17. The number of nitrogens with zero attached hydrogens (tertiary/aromatic N) is 3. The highest BCUT2D eigenvalue weighted by Crippen LogP contribution is 2.39. The monoisotopic (exact) mass is 429 g/mol. The van der Waals surface area contributed by atoms with Crippen molar-refractivity contribution in [3.63, 3.8) is 0 Å². The van der Waals surface area contributed by atoms with Crippen LogP contribution in [-0.2, 0) is 4.74 Å². The number of carboxylic acids is 1. The molecule has 3 heterocycles. The fourth-order valence-corrected chi connectivity index (χ4v) is 5.64. The molecule has 2 aromatic rings. The van der Waals surface area contributed by atoms with Gasteiger partial charge in [0.1, 0.15) is 11.5 Å². The maximum atomic E-state index is 13.8. The standard InChI is InChI=1S/C24H32FN3O3/c1-14(28-15(2)22(24(29)30)21-9-18(25)10-26-23(21)28)17-5-7-19(8-6-17)27-11-20(12-27)31-13-16-3-4-16/h9-10,14,16-17,19-20H,3-8,11-13H2,1-2H3,(H,29,30)/t14-,17?,19?/m1/s1. The summed E-state index contributed by atoms with van der Waals surface area (Å²) in [6.07, 6.45) is 8.83. The number of pyridine rings is 1. The number of hydrogen-bond acceptors (Lipinski definition) is 4. The van der Waals surface area contributed by atoms with E-state index in [9.17, 15) is 14.3 Å². The predicted octanol–water partition coefficient (Wildman–Crippen LogP) is 4.41. The van der Waals surface area contributed by atoms with Gasteiger partial charge in [-0.25, -0.2) is 14.2 Å². The molecule has 3 aliphatic rings. The van der Waals surface area contributed by atoms with Crippen molar-refractivity contribution < 1.29 is 19.0 Å². The highest BCUT2D eigenvalue weighted by atomic mass is 19.1. The van der Waals surface area contributed by atoms with Crippen LogP contribution in [0.3, 0.4) is 0 Å². The summed E-state index contributed by atoms with van der Waals surface area (Å²) in [5, 5.41) is 10.1. The third-order valence-corrected chi connectivity index (χ3v) is 7.76. The number of halogens is 1. The molecule has 1 saturated heterocycles. The zero-order valence-corrected chi connectivity index (χ0v) is 18.4. The summed E-state index contributed by atoms with van der Waals surface area (Å²) in [5.41, 5.74) is 1.40. The molecule has 31 heavy (non-hydrogen) atoms. The molecule has 3 fully saturated rings. The Morgan fingerprint density at radius 1 is 1.26 bits per heavy atom. The average Bonchev–Trinajstić information content (AvgIpc) is 3.48. The Labute approximate surface area is 182 Å². The molecular formula is C24H32FN3O3. The van der Waals surface area contributed by atoms with E-state index in [4.69, 9.17) is 4.74 Å². The van der Waals surface area contributed by atoms with E-state index in [2.05, 4.69) is 16.8 Å². The molecule has 0 radical (unpaired) electrons. The Balaban J connectivity index is 1.24. The van der Waals surface area contributed by atoms with Gasteiger partial charge < -0.3 is 14.4 Å². The van der Waals surface area contributed by atoms with Crippen molar-refractivity contribution in [3.05, 3.63) is 29.3 Å². The normalized spacial score (nSPS) is 26.2. The Morgan fingerprint density at radius 3 is 2.61 bits per heavy atom. The second-order valence-corrected chi connectivity index (χ2v) is 9.82. The Morgan fingerprint density at radius 2 is 1.97 bits per heavy atom. The minimum atomic E-state index is -1.03. The van der Waals surface area contributed by atoms with Gasteiger partial charge in [-0.2, -0.15) is 0 Å². The van der Waals surface area contributed by atoms with Gasteiger partial charge >= 0.3 is 5.97 Å². The van der Waals surface area contributed by atoms with Crippen LogP contribution < -0.4 is 0 Å². The molecule has 6 nitrogen and oxygen atoms in total. The molecule has 1 atom stereocenters. The van der Waals surface area contributed by atoms with Crippen LogP contribution >= 0.6 is 0 Å². The molecule has 168 valence electrons. The summed E-state index contributed by atoms with van der Waals surface area (Å²) in [6.45, 7) is 7.04. The molecule has 1 N–H and O–H groups in total. The van der Waals surface area contributed by atoms with Gasteiger partial charge in [0.15, 0.2) is 0 Å². The molecule has 1 aliphatic heterocycles. The second-order valence-electron chi connectivity index (χ2n) is 9.82. The van der Waals surface area contributed by atoms with Crippen LogP contribution in [0.4, 0.5) is 4.39 Å². The smallest absolute Gasteiger partial charge is 0.338 e. The van der Waals surface area contributed by atoms with Gasteiger partial charge in [0, 0.05) is 42.9 Å². The average molecular weight is 430 g/mol. The summed E-state index contributed by atoms with van der Waals surface area (Å²) in [6, 6.07) is 2.05. The van der Waals surface area contributed by atoms with E-state index in [1.54, 1.807) is 0 Å². The third-order valence-electron chi connectivity index (χ3n) is 7.76. The maximum absolute atomic E-state index is 13.8. The molecule has 2 saturated carbocycles. The summed E-state index contributed by atoms with van der Waals surface area (Å²) in [4.78, 5) is 18.7. The van der Waals surface area contributed by atoms with E-state index in [0.717, 1.165) is 51.3 Å². The number of fused-ring (bicyclic) bond motifs is 1. The molecule has 2 aliphatic carbocycles. The van der Waals surface area contributed by atoms with Crippen LogP contribution in [0.25, 0.3) is 11.0 Å². The van der Waals surface area contributed by atoms with Gasteiger partial charge in [-0.05, 0) is 70.3 Å². The number of likely N-dealkylation sites (tertiary alicyclic amines) is 1. The van der Waals surface area contributed by atoms with Crippen LogP contribution in [0, 0.1) is 24.6 Å². The largest absolute Gasteiger partial charge is 0.478 e. The van der Waals surface area contributed by atoms with Crippen LogP contribution in [0.1, 0.15) is 67.5 Å². The van der Waals surface area contributed by atoms with E-state index in [-0.39, 0.29) is 11.6 Å². The van der Waals surface area contributed by atoms with Gasteiger partial charge in [0.05, 0.1) is 17.9 Å². The Bertz CT molecular complexity index is 972. The number of hydrogen-bond donors (Lipinski definition) is 1. The summed E-state index contributed by atoms with van der Waals surface area (Å²) in [5.74, 6) is -0.246. The zero-order valence-electron chi connectivity index (χ0n) is 18.4. The maximum Gasteiger partial charge on any atom is 0.338 e. The highest BCUT2D eigenvalue weighted by Gasteiger charge is 2.37. The Kier molecular flexibility index (Phi) is 5.51. The summed E-state index contributed by atoms with van der Waals surface area (Å²) in [7, 11) is 0. The van der Waals surface area contributed by atoms with E-state index in [0.29, 0.717) is 34.8 Å². The lowest BCUT2D eigenvalue weighted by molar-refractivity contribution is -0.0824. The molecule has 0 aromatic carbocycles. The van der Waals surface area contributed by atoms with E-state index < -0.39 is 11.8 Å². The molecule has 2 aromatic heterocycles. The first-order chi connectivity index (χ1) is 14.9. The lowest BCUT2D eigenvalue weighted by Gasteiger charge is -2.47. The number of carbonyl (C=O) groups is 1. The van der Waals surface area contributed by atoms with Crippen molar-refractivity contribution in [2.75, 3.05) is 19.7 Å². The van der Waals surface area contributed by atoms with Crippen molar-refractivity contribution in [3.8, 4) is 0 Å². The predicted molar refractivity (Wildman–Crippen MR) is 116 cm³/mol. The van der Waals surface area contributed by atoms with Crippen LogP contribution in [0.15, 0.2) is 12.3 Å². The molecule has 7 heteroatoms. The van der Waals surface area contributed by atoms with Gasteiger partial charge in [-0.15, -0.1) is 0 Å². The van der Waals surface area contributed by atoms with Crippen molar-refractivity contribution >= 4 is 17.0 Å². The van der Waals surface area contributed by atoms with Crippen LogP contribution in [0.2, 0.25) is 0 Å². The van der Waals surface area contributed by atoms with Gasteiger partial charge in [-0.3, -0.25) is 4.90 Å². The number of aromatic carboxylic acids is 1. The molecule has 0 bridgehead atoms. The lowest BCUT2D eigenvalue weighted by atomic mass is 9.80. The van der Waals surface area contributed by atoms with Crippen molar-refractivity contribution in [1.29, 1.82) is 0 Å². The summed E-state index contributed by atoms with van der Waals surface area (Å²) >= 11 is 0. The summed E-state index contributed by atoms with van der Waals surface area (Å²) < 4.78 is 21.8. The minimum absolute atomic E-state index is 0.125. The number of carboxylic acid groups (broad SMARTS) is 1. The zero-order chi connectivity index (χ0) is 21.7. The number of rotatable bonds is 7. The van der Waals surface area contributed by atoms with Crippen molar-refractivity contribution in [2.45, 2.75) is 70.6 Å². The van der Waals surface area contributed by atoms with E-state index in [1.807, 2.05) is 11.5 Å². The third kappa shape index (κ3) is 3.98. The first-order valence-electron chi connectivity index (χ1n) is 11.7. The first kappa shape index (κ1) is 20.9. The van der Waals surface area contributed by atoms with Crippen LogP contribution in [0.5, 0.6) is 0 Å². The Hall–Kier alpha value is -1.99. The lowest BCUT2D eigenvalue weighted by Crippen LogP contribution is -2.57. The molecule has 5 rings (SSSR count). The molecule has 0 unspecified atom stereocenters. The van der Waals surface area contributed by atoms with Gasteiger partial charge in [-0.1, -0.05) is 0 Å². The fraction of sp³-hybridized carbons (Fsp3) is 0.667. The highest BCUT2D eigenvalue weighted by molar-refractivity contribution is 6.04. The topological polar surface area (TPSA) is 67.6 Å². The molecule has 0 spiro atoms. The number of ether oxygens (including phenoxy) is 1. The van der Waals surface area contributed by atoms with E-state index >= 15 is 0 Å². The number of aromatic nitrogens is 2. The van der Waals surface area contributed by atoms with Crippen molar-refractivity contribution in [2.24, 2.45) is 11.8 Å².